The van der Waals surface area contributed by atoms with Crippen LogP contribution in [0.4, 0.5) is 0 Å². The molecule has 0 unspecified atom stereocenters. The highest BCUT2D eigenvalue weighted by Crippen LogP contribution is 2.28. The minimum atomic E-state index is -3.57. The summed E-state index contributed by atoms with van der Waals surface area (Å²) in [5.41, 5.74) is -0.0425. The van der Waals surface area contributed by atoms with Gasteiger partial charge in [-0.1, -0.05) is 18.2 Å². The van der Waals surface area contributed by atoms with Gasteiger partial charge in [-0.25, -0.2) is 13.1 Å². The van der Waals surface area contributed by atoms with Crippen LogP contribution in [0.25, 0.3) is 0 Å². The van der Waals surface area contributed by atoms with Crippen molar-refractivity contribution in [3.8, 4) is 0 Å². The average Bonchev–Trinajstić information content (AvgIpc) is 2.62. The molecule has 8 heteroatoms. The van der Waals surface area contributed by atoms with Gasteiger partial charge in [0.2, 0.25) is 15.9 Å². The Morgan fingerprint density at radius 2 is 1.92 bits per heavy atom. The van der Waals surface area contributed by atoms with Crippen molar-refractivity contribution in [2.75, 3.05) is 39.9 Å². The van der Waals surface area contributed by atoms with E-state index in [-0.39, 0.29) is 29.2 Å². The van der Waals surface area contributed by atoms with Crippen molar-refractivity contribution in [3.63, 3.8) is 0 Å². The standard InChI is InChI=1S/C17H27N3O4S/c1-24-14-17(8-11-18-12-9-17)13-19-16(21)7-10-20-25(22,23)15-5-3-2-4-6-15/h2-6,18,20H,7-14H2,1H3,(H,19,21). The topological polar surface area (TPSA) is 96.5 Å². The third-order valence-electron chi connectivity index (χ3n) is 4.47. The van der Waals surface area contributed by atoms with Crippen LogP contribution in [-0.4, -0.2) is 54.2 Å². The summed E-state index contributed by atoms with van der Waals surface area (Å²) in [7, 11) is -1.90. The van der Waals surface area contributed by atoms with Gasteiger partial charge >= 0.3 is 0 Å². The summed E-state index contributed by atoms with van der Waals surface area (Å²) >= 11 is 0. The number of amides is 1. The maximum Gasteiger partial charge on any atom is 0.240 e. The average molecular weight is 369 g/mol. The summed E-state index contributed by atoms with van der Waals surface area (Å²) in [5.74, 6) is -0.162. The molecule has 140 valence electrons. The SMILES string of the molecule is COCC1(CNC(=O)CCNS(=O)(=O)c2ccccc2)CCNCC1. The van der Waals surface area contributed by atoms with Crippen molar-refractivity contribution in [3.05, 3.63) is 30.3 Å². The summed E-state index contributed by atoms with van der Waals surface area (Å²) in [5, 5.41) is 6.23. The monoisotopic (exact) mass is 369 g/mol. The van der Waals surface area contributed by atoms with E-state index in [4.69, 9.17) is 4.74 Å². The number of rotatable bonds is 9. The molecule has 0 radical (unpaired) electrons. The predicted octanol–water partition coefficient (Wildman–Crippen LogP) is 0.487. The fraction of sp³-hybridized carbons (Fsp3) is 0.588. The van der Waals surface area contributed by atoms with Gasteiger partial charge in [0.15, 0.2) is 0 Å². The van der Waals surface area contributed by atoms with E-state index in [1.807, 2.05) is 0 Å². The molecule has 0 aliphatic carbocycles. The first-order valence-corrected chi connectivity index (χ1v) is 9.97. The second-order valence-corrected chi connectivity index (χ2v) is 8.19. The van der Waals surface area contributed by atoms with E-state index in [1.54, 1.807) is 25.3 Å². The summed E-state index contributed by atoms with van der Waals surface area (Å²) < 4.78 is 32.0. The third-order valence-corrected chi connectivity index (χ3v) is 5.95. The van der Waals surface area contributed by atoms with Gasteiger partial charge in [0.05, 0.1) is 11.5 Å². The van der Waals surface area contributed by atoms with Gasteiger partial charge in [-0.15, -0.1) is 0 Å². The van der Waals surface area contributed by atoms with E-state index in [1.165, 1.54) is 12.1 Å². The Bertz CT molecular complexity index is 638. The van der Waals surface area contributed by atoms with Crippen LogP contribution in [0.2, 0.25) is 0 Å². The molecule has 25 heavy (non-hydrogen) atoms. The highest BCUT2D eigenvalue weighted by atomic mass is 32.2. The number of carbonyl (C=O) groups is 1. The van der Waals surface area contributed by atoms with Gasteiger partial charge < -0.3 is 15.4 Å². The van der Waals surface area contributed by atoms with Crippen molar-refractivity contribution >= 4 is 15.9 Å². The number of benzene rings is 1. The van der Waals surface area contributed by atoms with E-state index in [9.17, 15) is 13.2 Å². The van der Waals surface area contributed by atoms with Crippen LogP contribution in [0.5, 0.6) is 0 Å². The van der Waals surface area contributed by atoms with Crippen LogP contribution >= 0.6 is 0 Å². The smallest absolute Gasteiger partial charge is 0.240 e. The highest BCUT2D eigenvalue weighted by molar-refractivity contribution is 7.89. The largest absolute Gasteiger partial charge is 0.384 e. The second-order valence-electron chi connectivity index (χ2n) is 6.42. The number of ether oxygens (including phenoxy) is 1. The Labute approximate surface area is 149 Å². The molecule has 0 spiro atoms. The lowest BCUT2D eigenvalue weighted by Crippen LogP contribution is -2.47. The van der Waals surface area contributed by atoms with E-state index in [2.05, 4.69) is 15.4 Å². The Balaban J connectivity index is 1.77. The molecule has 1 saturated heterocycles. The summed E-state index contributed by atoms with van der Waals surface area (Å²) in [6.07, 6.45) is 2.00. The van der Waals surface area contributed by atoms with Gasteiger partial charge in [0.1, 0.15) is 0 Å². The van der Waals surface area contributed by atoms with Crippen molar-refractivity contribution in [1.82, 2.24) is 15.4 Å². The lowest BCUT2D eigenvalue weighted by molar-refractivity contribution is -0.121. The fourth-order valence-electron chi connectivity index (χ4n) is 2.99. The molecule has 0 atom stereocenters. The number of hydrogen-bond donors (Lipinski definition) is 3. The van der Waals surface area contributed by atoms with Crippen LogP contribution in [0.15, 0.2) is 35.2 Å². The Morgan fingerprint density at radius 3 is 2.56 bits per heavy atom. The Hall–Kier alpha value is -1.48. The number of piperidine rings is 1. The molecule has 7 nitrogen and oxygen atoms in total. The molecular formula is C17H27N3O4S. The fourth-order valence-corrected chi connectivity index (χ4v) is 4.04. The molecule has 0 bridgehead atoms. The number of carbonyl (C=O) groups excluding carboxylic acids is 1. The number of nitrogens with one attached hydrogen (secondary N) is 3. The molecular weight excluding hydrogens is 342 g/mol. The van der Waals surface area contributed by atoms with Crippen LogP contribution in [0.3, 0.4) is 0 Å². The van der Waals surface area contributed by atoms with Crippen LogP contribution in [0, 0.1) is 5.41 Å². The summed E-state index contributed by atoms with van der Waals surface area (Å²) in [6.45, 7) is 3.05. The quantitative estimate of drug-likeness (QED) is 0.589. The first-order valence-electron chi connectivity index (χ1n) is 8.49. The lowest BCUT2D eigenvalue weighted by atomic mass is 9.79. The highest BCUT2D eigenvalue weighted by Gasteiger charge is 2.32. The van der Waals surface area contributed by atoms with E-state index in [0.29, 0.717) is 13.2 Å². The van der Waals surface area contributed by atoms with Crippen molar-refractivity contribution < 1.29 is 17.9 Å². The molecule has 1 aliphatic heterocycles. The van der Waals surface area contributed by atoms with Gasteiger partial charge in [-0.2, -0.15) is 0 Å². The molecule has 3 N–H and O–H groups in total. The maximum absolute atomic E-state index is 12.1. The number of sulfonamides is 1. The van der Waals surface area contributed by atoms with Gasteiger partial charge in [-0.3, -0.25) is 4.79 Å². The normalized spacial score (nSPS) is 17.2. The van der Waals surface area contributed by atoms with Gasteiger partial charge in [0, 0.05) is 32.0 Å². The molecule has 1 aromatic rings. The Kier molecular flexibility index (Phi) is 7.37. The Morgan fingerprint density at radius 1 is 1.24 bits per heavy atom. The maximum atomic E-state index is 12.1. The van der Waals surface area contributed by atoms with Gasteiger partial charge in [0.25, 0.3) is 0 Å². The second kappa shape index (κ2) is 9.28. The molecule has 1 fully saturated rings. The molecule has 1 amide bonds. The van der Waals surface area contributed by atoms with Crippen LogP contribution < -0.4 is 15.4 Å². The first-order chi connectivity index (χ1) is 12.0. The predicted molar refractivity (Wildman–Crippen MR) is 95.7 cm³/mol. The molecule has 0 saturated carbocycles. The number of hydrogen-bond acceptors (Lipinski definition) is 5. The number of methoxy groups -OCH3 is 1. The van der Waals surface area contributed by atoms with Crippen LogP contribution in [-0.2, 0) is 19.6 Å². The lowest BCUT2D eigenvalue weighted by Gasteiger charge is -2.37. The van der Waals surface area contributed by atoms with Crippen molar-refractivity contribution in [2.24, 2.45) is 5.41 Å². The third kappa shape index (κ3) is 6.07. The van der Waals surface area contributed by atoms with Gasteiger partial charge in [-0.05, 0) is 38.1 Å². The van der Waals surface area contributed by atoms with E-state index >= 15 is 0 Å². The summed E-state index contributed by atoms with van der Waals surface area (Å²) in [6, 6.07) is 8.12. The van der Waals surface area contributed by atoms with Crippen molar-refractivity contribution in [2.45, 2.75) is 24.2 Å². The molecule has 1 aromatic carbocycles. The molecule has 2 rings (SSSR count). The minimum Gasteiger partial charge on any atom is -0.384 e. The molecule has 1 aliphatic rings. The first kappa shape index (κ1) is 19.8. The minimum absolute atomic E-state index is 0.0425. The molecule has 0 aromatic heterocycles. The van der Waals surface area contributed by atoms with E-state index in [0.717, 1.165) is 25.9 Å². The summed E-state index contributed by atoms with van der Waals surface area (Å²) in [4.78, 5) is 12.3. The van der Waals surface area contributed by atoms with Crippen LogP contribution in [0.1, 0.15) is 19.3 Å². The zero-order valence-corrected chi connectivity index (χ0v) is 15.4. The zero-order chi connectivity index (χ0) is 18.2. The zero-order valence-electron chi connectivity index (χ0n) is 14.6. The molecule has 1 heterocycles. The van der Waals surface area contributed by atoms with Crippen molar-refractivity contribution in [1.29, 1.82) is 0 Å². The van der Waals surface area contributed by atoms with E-state index < -0.39 is 10.0 Å².